The summed E-state index contributed by atoms with van der Waals surface area (Å²) >= 11 is 0. The average molecular weight is 502 g/mol. The van der Waals surface area contributed by atoms with Crippen LogP contribution >= 0.6 is 0 Å². The number of rotatable bonds is 3. The number of hydrogen-bond acceptors (Lipinski definition) is 1. The zero-order valence-electron chi connectivity index (χ0n) is 25.9. The van der Waals surface area contributed by atoms with Crippen molar-refractivity contribution in [2.24, 2.45) is 0 Å². The zero-order chi connectivity index (χ0) is 30.1. The van der Waals surface area contributed by atoms with Crippen LogP contribution in [0.3, 0.4) is 0 Å². The van der Waals surface area contributed by atoms with Gasteiger partial charge in [0.2, 0.25) is 0 Å². The third kappa shape index (κ3) is 3.41. The van der Waals surface area contributed by atoms with E-state index in [4.69, 9.17) is 11.3 Å². The smallest absolute Gasteiger partial charge is 0.136 e. The van der Waals surface area contributed by atoms with Gasteiger partial charge in [0.1, 0.15) is 11.2 Å². The van der Waals surface area contributed by atoms with Crippen molar-refractivity contribution in [3.05, 3.63) is 145 Å². The van der Waals surface area contributed by atoms with E-state index in [1.165, 1.54) is 0 Å². The lowest BCUT2D eigenvalue weighted by atomic mass is 9.84. The molecule has 0 fully saturated rings. The van der Waals surface area contributed by atoms with E-state index in [0.717, 1.165) is 60.2 Å². The molecule has 0 amide bonds. The Bertz CT molecular complexity index is 2360. The van der Waals surface area contributed by atoms with Crippen molar-refractivity contribution in [2.45, 2.75) is 0 Å². The minimum atomic E-state index is -0.415. The van der Waals surface area contributed by atoms with E-state index in [1.807, 2.05) is 48.5 Å². The van der Waals surface area contributed by atoms with Crippen LogP contribution in [0.25, 0.3) is 76.9 Å². The Balaban J connectivity index is 1.59. The predicted molar refractivity (Wildman–Crippen MR) is 165 cm³/mol. The van der Waals surface area contributed by atoms with Gasteiger partial charge in [-0.25, -0.2) is 0 Å². The fourth-order valence-corrected chi connectivity index (χ4v) is 5.92. The molecule has 0 bridgehead atoms. The lowest BCUT2D eigenvalue weighted by Gasteiger charge is -2.19. The first kappa shape index (κ1) is 17.4. The minimum absolute atomic E-state index is 0.147. The molecule has 1 heterocycles. The van der Waals surface area contributed by atoms with Crippen LogP contribution in [0.4, 0.5) is 0 Å². The Labute approximate surface area is 233 Å². The number of furan rings is 1. The molecular formula is C38H24O. The maximum atomic E-state index is 8.75. The summed E-state index contributed by atoms with van der Waals surface area (Å²) in [6, 6.07) is 37.2. The van der Waals surface area contributed by atoms with Crippen LogP contribution in [-0.4, -0.2) is 0 Å². The highest BCUT2D eigenvalue weighted by atomic mass is 16.3. The van der Waals surface area contributed by atoms with E-state index < -0.39 is 6.04 Å². The van der Waals surface area contributed by atoms with Crippen molar-refractivity contribution in [2.75, 3.05) is 0 Å². The molecule has 0 spiro atoms. The fraction of sp³-hybridized carbons (Fsp3) is 0. The highest BCUT2D eigenvalue weighted by Crippen LogP contribution is 2.47. The molecular weight excluding hydrogens is 472 g/mol. The Morgan fingerprint density at radius 3 is 1.67 bits per heavy atom. The van der Waals surface area contributed by atoms with Gasteiger partial charge in [-0.3, -0.25) is 0 Å². The average Bonchev–Trinajstić information content (AvgIpc) is 3.44. The van der Waals surface area contributed by atoms with Gasteiger partial charge < -0.3 is 4.42 Å². The summed E-state index contributed by atoms with van der Waals surface area (Å²) in [6.45, 7) is 0. The molecule has 0 unspecified atom stereocenters. The summed E-state index contributed by atoms with van der Waals surface area (Å²) in [5, 5.41) is 6.16. The van der Waals surface area contributed by atoms with Crippen LogP contribution < -0.4 is 0 Å². The summed E-state index contributed by atoms with van der Waals surface area (Å²) in [5.74, 6) is 0. The first-order valence-corrected chi connectivity index (χ1v) is 13.0. The second-order valence-electron chi connectivity index (χ2n) is 9.70. The molecule has 0 aliphatic carbocycles. The SMILES string of the molecule is [2H]c1c([2H])c([2H])c(-c2cc(-c3c4ccccc4c(-c4ccccc4)c4ccccc34)c3c(c2)oc2ccccc23)c([2H])c1[2H]. The molecule has 182 valence electrons. The Morgan fingerprint density at radius 1 is 0.436 bits per heavy atom. The molecule has 8 aromatic rings. The third-order valence-electron chi connectivity index (χ3n) is 7.53. The second-order valence-corrected chi connectivity index (χ2v) is 9.70. The lowest BCUT2D eigenvalue weighted by molar-refractivity contribution is 0.669. The quantitative estimate of drug-likeness (QED) is 0.219. The molecule has 0 aliphatic heterocycles. The molecule has 39 heavy (non-hydrogen) atoms. The second kappa shape index (κ2) is 8.72. The Kier molecular flexibility index (Phi) is 3.89. The largest absolute Gasteiger partial charge is 0.456 e. The maximum absolute atomic E-state index is 8.75. The molecule has 0 saturated carbocycles. The highest BCUT2D eigenvalue weighted by molar-refractivity contribution is 6.26. The zero-order valence-corrected chi connectivity index (χ0v) is 20.9. The van der Waals surface area contributed by atoms with Crippen molar-refractivity contribution < 1.29 is 11.3 Å². The molecule has 0 saturated heterocycles. The van der Waals surface area contributed by atoms with Gasteiger partial charge in [0.25, 0.3) is 0 Å². The van der Waals surface area contributed by atoms with E-state index in [2.05, 4.69) is 60.7 Å². The molecule has 0 N–H and O–H groups in total. The first-order valence-electron chi connectivity index (χ1n) is 15.5. The third-order valence-corrected chi connectivity index (χ3v) is 7.53. The number of benzene rings is 7. The number of hydrogen-bond donors (Lipinski definition) is 0. The molecule has 8 rings (SSSR count). The summed E-state index contributed by atoms with van der Waals surface area (Å²) < 4.78 is 48.7. The van der Waals surface area contributed by atoms with Gasteiger partial charge in [-0.15, -0.1) is 0 Å². The first-order chi connectivity index (χ1) is 21.4. The fourth-order valence-electron chi connectivity index (χ4n) is 5.92. The topological polar surface area (TPSA) is 13.1 Å². The lowest BCUT2D eigenvalue weighted by Crippen LogP contribution is -1.92. The van der Waals surface area contributed by atoms with Crippen molar-refractivity contribution in [1.29, 1.82) is 0 Å². The van der Waals surface area contributed by atoms with Gasteiger partial charge >= 0.3 is 0 Å². The standard InChI is InChI=1S/C38H24O/c1-3-13-25(14-4-1)27-23-33(38-32-21-11-12-22-34(32)39-35(38)24-27)37-30-19-9-7-17-28(30)36(26-15-5-2-6-16-26)29-18-8-10-20-31(29)37/h1-24H/i1D,3D,4D,13D,14D. The predicted octanol–water partition coefficient (Wildman–Crippen LogP) is 10.9. The van der Waals surface area contributed by atoms with Gasteiger partial charge in [-0.1, -0.05) is 127 Å². The van der Waals surface area contributed by atoms with Gasteiger partial charge in [0, 0.05) is 10.8 Å². The van der Waals surface area contributed by atoms with E-state index >= 15 is 0 Å². The van der Waals surface area contributed by atoms with Gasteiger partial charge in [0.05, 0.1) is 6.85 Å². The van der Waals surface area contributed by atoms with Crippen LogP contribution in [0.1, 0.15) is 6.85 Å². The molecule has 1 heteroatoms. The van der Waals surface area contributed by atoms with Gasteiger partial charge in [-0.05, 0) is 73.1 Å². The summed E-state index contributed by atoms with van der Waals surface area (Å²) in [7, 11) is 0. The molecule has 0 aliphatic rings. The van der Waals surface area contributed by atoms with Crippen molar-refractivity contribution in [1.82, 2.24) is 0 Å². The minimum Gasteiger partial charge on any atom is -0.456 e. The van der Waals surface area contributed by atoms with Crippen LogP contribution in [0, 0.1) is 0 Å². The van der Waals surface area contributed by atoms with Crippen LogP contribution in [0.2, 0.25) is 0 Å². The summed E-state index contributed by atoms with van der Waals surface area (Å²) in [4.78, 5) is 0. The molecule has 0 radical (unpaired) electrons. The molecule has 1 aromatic heterocycles. The van der Waals surface area contributed by atoms with Crippen LogP contribution in [0.15, 0.2) is 150 Å². The maximum Gasteiger partial charge on any atom is 0.136 e. The number of fused-ring (bicyclic) bond motifs is 5. The summed E-state index contributed by atoms with van der Waals surface area (Å²) in [5.41, 5.74) is 6.11. The molecule has 7 aromatic carbocycles. The normalized spacial score (nSPS) is 13.4. The van der Waals surface area contributed by atoms with Gasteiger partial charge in [-0.2, -0.15) is 0 Å². The summed E-state index contributed by atoms with van der Waals surface area (Å²) in [6.07, 6.45) is 0. The van der Waals surface area contributed by atoms with Crippen LogP contribution in [-0.2, 0) is 0 Å². The molecule has 1 nitrogen and oxygen atoms in total. The van der Waals surface area contributed by atoms with Crippen LogP contribution in [0.5, 0.6) is 0 Å². The molecule has 0 atom stereocenters. The van der Waals surface area contributed by atoms with E-state index in [0.29, 0.717) is 11.1 Å². The Hall–Kier alpha value is -5.14. The van der Waals surface area contributed by atoms with Crippen molar-refractivity contribution in [3.63, 3.8) is 0 Å². The van der Waals surface area contributed by atoms with E-state index in [-0.39, 0.29) is 29.7 Å². The Morgan fingerprint density at radius 2 is 1.00 bits per heavy atom. The monoisotopic (exact) mass is 501 g/mol. The number of para-hydroxylation sites is 1. The van der Waals surface area contributed by atoms with Crippen molar-refractivity contribution in [3.8, 4) is 33.4 Å². The van der Waals surface area contributed by atoms with Crippen molar-refractivity contribution >= 4 is 43.5 Å². The van der Waals surface area contributed by atoms with E-state index in [9.17, 15) is 0 Å². The highest BCUT2D eigenvalue weighted by Gasteiger charge is 2.21. The van der Waals surface area contributed by atoms with Gasteiger partial charge in [0.15, 0.2) is 0 Å². The van der Waals surface area contributed by atoms with E-state index in [1.54, 1.807) is 6.07 Å².